The summed E-state index contributed by atoms with van der Waals surface area (Å²) in [4.78, 5) is 18.6. The summed E-state index contributed by atoms with van der Waals surface area (Å²) >= 11 is 0. The van der Waals surface area contributed by atoms with Gasteiger partial charge in [0.15, 0.2) is 0 Å². The van der Waals surface area contributed by atoms with Crippen LogP contribution in [0.5, 0.6) is 5.75 Å². The van der Waals surface area contributed by atoms with Crippen LogP contribution >= 0.6 is 0 Å². The van der Waals surface area contributed by atoms with E-state index in [1.165, 1.54) is 0 Å². The second-order valence-corrected chi connectivity index (χ2v) is 6.45. The molecule has 1 aliphatic heterocycles. The molecule has 0 unspecified atom stereocenters. The largest absolute Gasteiger partial charge is 0.496 e. The molecule has 1 saturated heterocycles. The Hall–Kier alpha value is -2.60. The van der Waals surface area contributed by atoms with Gasteiger partial charge < -0.3 is 20.1 Å². The van der Waals surface area contributed by atoms with Crippen LogP contribution in [0.4, 0.5) is 5.82 Å². The molecular weight excluding hydrogens is 330 g/mol. The van der Waals surface area contributed by atoms with E-state index in [0.29, 0.717) is 31.9 Å². The summed E-state index contributed by atoms with van der Waals surface area (Å²) in [5, 5.41) is 0. The lowest BCUT2D eigenvalue weighted by atomic mass is 10.1. The van der Waals surface area contributed by atoms with E-state index in [1.807, 2.05) is 41.3 Å². The van der Waals surface area contributed by atoms with E-state index in [4.69, 9.17) is 15.2 Å². The van der Waals surface area contributed by atoms with Crippen molar-refractivity contribution in [3.05, 3.63) is 53.7 Å². The molecule has 2 heterocycles. The van der Waals surface area contributed by atoms with Gasteiger partial charge in [-0.1, -0.05) is 18.2 Å². The predicted molar refractivity (Wildman–Crippen MR) is 100.0 cm³/mol. The molecule has 26 heavy (non-hydrogen) atoms. The molecule has 1 aliphatic rings. The molecule has 1 atom stereocenters. The van der Waals surface area contributed by atoms with Gasteiger partial charge in [-0.25, -0.2) is 4.98 Å². The average Bonchev–Trinajstić information content (AvgIpc) is 2.67. The number of amides is 1. The highest BCUT2D eigenvalue weighted by Gasteiger charge is 2.24. The summed E-state index contributed by atoms with van der Waals surface area (Å²) in [5.74, 6) is 1.39. The Bertz CT molecular complexity index is 751. The summed E-state index contributed by atoms with van der Waals surface area (Å²) in [7, 11) is 1.62. The zero-order valence-corrected chi connectivity index (χ0v) is 15.1. The van der Waals surface area contributed by atoms with Gasteiger partial charge in [-0.3, -0.25) is 4.79 Å². The van der Waals surface area contributed by atoms with Gasteiger partial charge in [0.25, 0.3) is 0 Å². The number of methoxy groups -OCH3 is 1. The minimum Gasteiger partial charge on any atom is -0.496 e. The third kappa shape index (κ3) is 4.73. The first kappa shape index (κ1) is 18.2. The lowest BCUT2D eigenvalue weighted by Crippen LogP contribution is -2.46. The number of nitrogens with zero attached hydrogens (tertiary/aromatic N) is 2. The predicted octanol–water partition coefficient (Wildman–Crippen LogP) is 2.08. The number of pyridine rings is 1. The van der Waals surface area contributed by atoms with Gasteiger partial charge in [0.05, 0.1) is 26.2 Å². The second-order valence-electron chi connectivity index (χ2n) is 6.45. The van der Waals surface area contributed by atoms with Crippen molar-refractivity contribution < 1.29 is 14.3 Å². The molecule has 0 spiro atoms. The SMILES string of the molecule is COc1ccccc1CC(=O)N1CCO[C@@H](CCc2ccnc(N)c2)C1. The lowest BCUT2D eigenvalue weighted by molar-refractivity contribution is -0.138. The molecule has 2 N–H and O–H groups in total. The first-order chi connectivity index (χ1) is 12.7. The van der Waals surface area contributed by atoms with Crippen LogP contribution in [0, 0.1) is 0 Å². The number of nitrogen functional groups attached to an aromatic ring is 1. The van der Waals surface area contributed by atoms with Crippen molar-refractivity contribution in [3.8, 4) is 5.75 Å². The van der Waals surface area contributed by atoms with Crippen LogP contribution in [0.3, 0.4) is 0 Å². The van der Waals surface area contributed by atoms with Crippen molar-refractivity contribution in [1.29, 1.82) is 0 Å². The highest BCUT2D eigenvalue weighted by Crippen LogP contribution is 2.20. The second kappa shape index (κ2) is 8.67. The van der Waals surface area contributed by atoms with Crippen molar-refractivity contribution in [2.45, 2.75) is 25.4 Å². The van der Waals surface area contributed by atoms with Crippen molar-refractivity contribution in [3.63, 3.8) is 0 Å². The number of carbonyl (C=O) groups excluding carboxylic acids is 1. The Balaban J connectivity index is 1.55. The van der Waals surface area contributed by atoms with E-state index in [-0.39, 0.29) is 12.0 Å². The van der Waals surface area contributed by atoms with Gasteiger partial charge in [-0.05, 0) is 36.6 Å². The van der Waals surface area contributed by atoms with Crippen LogP contribution in [0.25, 0.3) is 0 Å². The van der Waals surface area contributed by atoms with Gasteiger partial charge in [0.1, 0.15) is 11.6 Å². The molecule has 2 aromatic rings. The first-order valence-corrected chi connectivity index (χ1v) is 8.87. The third-order valence-electron chi connectivity index (χ3n) is 4.63. The molecule has 1 aromatic carbocycles. The van der Waals surface area contributed by atoms with Crippen LogP contribution in [-0.4, -0.2) is 48.7 Å². The summed E-state index contributed by atoms with van der Waals surface area (Å²) in [6.45, 7) is 1.82. The van der Waals surface area contributed by atoms with E-state index in [9.17, 15) is 4.79 Å². The Morgan fingerprint density at radius 1 is 1.38 bits per heavy atom. The maximum Gasteiger partial charge on any atom is 0.227 e. The summed E-state index contributed by atoms with van der Waals surface area (Å²) in [6.07, 6.45) is 3.81. The number of aromatic nitrogens is 1. The normalized spacial score (nSPS) is 17.1. The molecule has 0 saturated carbocycles. The maximum atomic E-state index is 12.7. The number of hydrogen-bond acceptors (Lipinski definition) is 5. The standard InChI is InChI=1S/C20H25N3O3/c1-25-18-5-3-2-4-16(18)13-20(24)23-10-11-26-17(14-23)7-6-15-8-9-22-19(21)12-15/h2-5,8-9,12,17H,6-7,10-11,13-14H2,1H3,(H2,21,22)/t17-/m0/s1. The Morgan fingerprint density at radius 3 is 3.04 bits per heavy atom. The molecule has 6 nitrogen and oxygen atoms in total. The first-order valence-electron chi connectivity index (χ1n) is 8.87. The molecule has 3 rings (SSSR count). The fraction of sp³-hybridized carbons (Fsp3) is 0.400. The molecule has 6 heteroatoms. The molecule has 0 aliphatic carbocycles. The van der Waals surface area contributed by atoms with Crippen LogP contribution < -0.4 is 10.5 Å². The van der Waals surface area contributed by atoms with Gasteiger partial charge >= 0.3 is 0 Å². The number of carbonyl (C=O) groups is 1. The number of anilines is 1. The summed E-state index contributed by atoms with van der Waals surface area (Å²) < 4.78 is 11.2. The number of hydrogen-bond donors (Lipinski definition) is 1. The quantitative estimate of drug-likeness (QED) is 0.858. The van der Waals surface area contributed by atoms with Gasteiger partial charge in [0, 0.05) is 24.8 Å². The number of morpholine rings is 1. The van der Waals surface area contributed by atoms with Crippen molar-refractivity contribution in [2.75, 3.05) is 32.5 Å². The number of benzene rings is 1. The van der Waals surface area contributed by atoms with Gasteiger partial charge in [0.2, 0.25) is 5.91 Å². The maximum absolute atomic E-state index is 12.7. The average molecular weight is 355 g/mol. The fourth-order valence-corrected chi connectivity index (χ4v) is 3.22. The van der Waals surface area contributed by atoms with Gasteiger partial charge in [-0.15, -0.1) is 0 Å². The molecule has 0 radical (unpaired) electrons. The fourth-order valence-electron chi connectivity index (χ4n) is 3.22. The van der Waals surface area contributed by atoms with E-state index in [0.717, 1.165) is 29.7 Å². The van der Waals surface area contributed by atoms with Crippen molar-refractivity contribution >= 4 is 11.7 Å². The van der Waals surface area contributed by atoms with E-state index in [1.54, 1.807) is 13.3 Å². The van der Waals surface area contributed by atoms with E-state index in [2.05, 4.69) is 4.98 Å². The number of nitrogens with two attached hydrogens (primary N) is 1. The number of aryl methyl sites for hydroxylation is 1. The summed E-state index contributed by atoms with van der Waals surface area (Å²) in [5.41, 5.74) is 7.77. The number of rotatable bonds is 6. The highest BCUT2D eigenvalue weighted by molar-refractivity contribution is 5.79. The molecule has 138 valence electrons. The Morgan fingerprint density at radius 2 is 2.23 bits per heavy atom. The third-order valence-corrected chi connectivity index (χ3v) is 4.63. The zero-order chi connectivity index (χ0) is 18.4. The van der Waals surface area contributed by atoms with E-state index < -0.39 is 0 Å². The van der Waals surface area contributed by atoms with Gasteiger partial charge in [-0.2, -0.15) is 0 Å². The minimum absolute atomic E-state index is 0.0414. The Kier molecular flexibility index (Phi) is 6.07. The Labute approximate surface area is 153 Å². The molecule has 1 aromatic heterocycles. The lowest BCUT2D eigenvalue weighted by Gasteiger charge is -2.33. The molecule has 0 bridgehead atoms. The van der Waals surface area contributed by atoms with Crippen molar-refractivity contribution in [2.24, 2.45) is 0 Å². The highest BCUT2D eigenvalue weighted by atomic mass is 16.5. The number of ether oxygens (including phenoxy) is 2. The smallest absolute Gasteiger partial charge is 0.227 e. The van der Waals surface area contributed by atoms with Crippen LogP contribution in [0.1, 0.15) is 17.5 Å². The van der Waals surface area contributed by atoms with Crippen LogP contribution in [-0.2, 0) is 22.4 Å². The summed E-state index contributed by atoms with van der Waals surface area (Å²) in [6, 6.07) is 11.5. The van der Waals surface area contributed by atoms with Crippen molar-refractivity contribution in [1.82, 2.24) is 9.88 Å². The van der Waals surface area contributed by atoms with Crippen LogP contribution in [0.2, 0.25) is 0 Å². The van der Waals surface area contributed by atoms with E-state index >= 15 is 0 Å². The molecule has 1 fully saturated rings. The zero-order valence-electron chi connectivity index (χ0n) is 15.1. The van der Waals surface area contributed by atoms with Crippen LogP contribution in [0.15, 0.2) is 42.6 Å². The monoisotopic (exact) mass is 355 g/mol. The molecule has 1 amide bonds. The topological polar surface area (TPSA) is 77.7 Å². The molecular formula is C20H25N3O3. The minimum atomic E-state index is 0.0414. The number of para-hydroxylation sites is 1.